The van der Waals surface area contributed by atoms with Gasteiger partial charge in [0.05, 0.1) is 6.54 Å². The summed E-state index contributed by atoms with van der Waals surface area (Å²) in [6.07, 6.45) is 0. The molecule has 0 saturated heterocycles. The normalized spacial score (nSPS) is 10.8. The number of benzene rings is 3. The Morgan fingerprint density at radius 3 is 2.25 bits per heavy atom. The van der Waals surface area contributed by atoms with Crippen molar-refractivity contribution < 1.29 is 9.18 Å². The highest BCUT2D eigenvalue weighted by molar-refractivity contribution is 7.98. The first-order valence-electron chi connectivity index (χ1n) is 10.2. The van der Waals surface area contributed by atoms with E-state index in [9.17, 15) is 9.18 Å². The number of rotatable bonds is 7. The molecule has 0 radical (unpaired) electrons. The molecule has 1 aromatic heterocycles. The summed E-state index contributed by atoms with van der Waals surface area (Å²) < 4.78 is 15.5. The minimum Gasteiger partial charge on any atom is -0.345 e. The van der Waals surface area contributed by atoms with Crippen molar-refractivity contribution in [3.63, 3.8) is 0 Å². The Labute approximate surface area is 190 Å². The van der Waals surface area contributed by atoms with Gasteiger partial charge in [0.15, 0.2) is 11.0 Å². The maximum Gasteiger partial charge on any atom is 0.253 e. The van der Waals surface area contributed by atoms with Gasteiger partial charge in [0.25, 0.3) is 5.91 Å². The minimum absolute atomic E-state index is 0.0178. The zero-order chi connectivity index (χ0) is 22.5. The lowest BCUT2D eigenvalue weighted by atomic mass is 10.1. The fourth-order valence-electron chi connectivity index (χ4n) is 3.27. The Balaban J connectivity index is 1.58. The third kappa shape index (κ3) is 5.06. The van der Waals surface area contributed by atoms with E-state index < -0.39 is 0 Å². The van der Waals surface area contributed by atoms with E-state index in [0.717, 1.165) is 21.8 Å². The van der Waals surface area contributed by atoms with Gasteiger partial charge in [0.1, 0.15) is 5.82 Å². The third-order valence-corrected chi connectivity index (χ3v) is 6.02. The summed E-state index contributed by atoms with van der Waals surface area (Å²) in [5.41, 5.74) is 3.69. The second-order valence-electron chi connectivity index (χ2n) is 7.57. The van der Waals surface area contributed by atoms with E-state index in [0.29, 0.717) is 23.7 Å². The fraction of sp³-hybridized carbons (Fsp3) is 0.160. The fourth-order valence-corrected chi connectivity index (χ4v) is 4.16. The molecule has 5 nitrogen and oxygen atoms in total. The number of thioether (sulfide) groups is 1. The maximum atomic E-state index is 13.4. The number of hydrogen-bond acceptors (Lipinski definition) is 4. The van der Waals surface area contributed by atoms with E-state index in [1.54, 1.807) is 42.9 Å². The monoisotopic (exact) mass is 446 g/mol. The Bertz CT molecular complexity index is 1190. The molecule has 162 valence electrons. The van der Waals surface area contributed by atoms with Gasteiger partial charge in [0.2, 0.25) is 0 Å². The second-order valence-corrected chi connectivity index (χ2v) is 8.51. The summed E-state index contributed by atoms with van der Waals surface area (Å²) in [7, 11) is 3.48. The SMILES string of the molecule is CN(C)C(=O)c1ccc(CSc2nnc(-c3ccc(F)cc3)n2Cc2ccccc2)cc1. The molecule has 4 rings (SSSR count). The highest BCUT2D eigenvalue weighted by Crippen LogP contribution is 2.27. The van der Waals surface area contributed by atoms with E-state index in [-0.39, 0.29) is 11.7 Å². The molecule has 0 aliphatic heterocycles. The first-order chi connectivity index (χ1) is 15.5. The smallest absolute Gasteiger partial charge is 0.253 e. The molecule has 0 unspecified atom stereocenters. The van der Waals surface area contributed by atoms with Crippen molar-refractivity contribution in [1.29, 1.82) is 0 Å². The first kappa shape index (κ1) is 21.8. The molecule has 0 atom stereocenters. The average Bonchev–Trinajstić information content (AvgIpc) is 3.21. The zero-order valence-electron chi connectivity index (χ0n) is 17.9. The van der Waals surface area contributed by atoms with Gasteiger partial charge in [-0.25, -0.2) is 4.39 Å². The summed E-state index contributed by atoms with van der Waals surface area (Å²) in [6.45, 7) is 0.610. The van der Waals surface area contributed by atoms with Gasteiger partial charge >= 0.3 is 0 Å². The van der Waals surface area contributed by atoms with Gasteiger partial charge < -0.3 is 4.90 Å². The summed E-state index contributed by atoms with van der Waals surface area (Å²) in [5.74, 6) is 1.08. The average molecular weight is 447 g/mol. The lowest BCUT2D eigenvalue weighted by Gasteiger charge is -2.12. The predicted octanol–water partition coefficient (Wildman–Crippen LogP) is 5.13. The van der Waals surface area contributed by atoms with Crippen LogP contribution in [0.25, 0.3) is 11.4 Å². The van der Waals surface area contributed by atoms with Gasteiger partial charge in [0, 0.05) is 31.0 Å². The van der Waals surface area contributed by atoms with Gasteiger partial charge in [-0.3, -0.25) is 9.36 Å². The standard InChI is InChI=1S/C25H23FN4OS/c1-29(2)24(31)21-10-8-19(9-11-21)17-32-25-28-27-23(20-12-14-22(26)15-13-20)30(25)16-18-6-4-3-5-7-18/h3-15H,16-17H2,1-2H3. The van der Waals surface area contributed by atoms with Gasteiger partial charge in [-0.05, 0) is 47.5 Å². The van der Waals surface area contributed by atoms with Crippen LogP contribution < -0.4 is 0 Å². The topological polar surface area (TPSA) is 51.0 Å². The predicted molar refractivity (Wildman–Crippen MR) is 125 cm³/mol. The number of aromatic nitrogens is 3. The molecule has 1 amide bonds. The number of carbonyl (C=O) groups is 1. The molecular weight excluding hydrogens is 423 g/mol. The van der Waals surface area contributed by atoms with Crippen molar-refractivity contribution in [1.82, 2.24) is 19.7 Å². The van der Waals surface area contributed by atoms with Crippen molar-refractivity contribution in [3.8, 4) is 11.4 Å². The minimum atomic E-state index is -0.284. The van der Waals surface area contributed by atoms with Crippen LogP contribution in [0.15, 0.2) is 84.0 Å². The van der Waals surface area contributed by atoms with Crippen LogP contribution in [0.2, 0.25) is 0 Å². The molecule has 0 N–H and O–H groups in total. The third-order valence-electron chi connectivity index (χ3n) is 4.98. The van der Waals surface area contributed by atoms with E-state index in [4.69, 9.17) is 0 Å². The van der Waals surface area contributed by atoms with E-state index >= 15 is 0 Å². The van der Waals surface area contributed by atoms with E-state index in [1.165, 1.54) is 12.1 Å². The molecule has 0 aliphatic rings. The molecule has 32 heavy (non-hydrogen) atoms. The first-order valence-corrected chi connectivity index (χ1v) is 11.2. The maximum absolute atomic E-state index is 13.4. The molecule has 0 aliphatic carbocycles. The quantitative estimate of drug-likeness (QED) is 0.370. The van der Waals surface area contributed by atoms with Crippen LogP contribution in [0.5, 0.6) is 0 Å². The summed E-state index contributed by atoms with van der Waals surface area (Å²) >= 11 is 1.58. The van der Waals surface area contributed by atoms with Crippen LogP contribution in [0.1, 0.15) is 21.5 Å². The highest BCUT2D eigenvalue weighted by Gasteiger charge is 2.15. The summed E-state index contributed by atoms with van der Waals surface area (Å²) in [4.78, 5) is 13.6. The Morgan fingerprint density at radius 1 is 0.906 bits per heavy atom. The lowest BCUT2D eigenvalue weighted by molar-refractivity contribution is 0.0827. The van der Waals surface area contributed by atoms with E-state index in [1.807, 2.05) is 42.5 Å². The van der Waals surface area contributed by atoms with Crippen LogP contribution in [-0.4, -0.2) is 39.7 Å². The molecule has 3 aromatic carbocycles. The van der Waals surface area contributed by atoms with Crippen LogP contribution in [0, 0.1) is 5.82 Å². The number of carbonyl (C=O) groups excluding carboxylic acids is 1. The number of hydrogen-bond donors (Lipinski definition) is 0. The number of halogens is 1. The molecule has 0 spiro atoms. The van der Waals surface area contributed by atoms with Crippen molar-refractivity contribution in [2.75, 3.05) is 14.1 Å². The molecule has 0 saturated carbocycles. The molecule has 4 aromatic rings. The lowest BCUT2D eigenvalue weighted by Crippen LogP contribution is -2.21. The molecular formula is C25H23FN4OS. The van der Waals surface area contributed by atoms with E-state index in [2.05, 4.69) is 26.9 Å². The van der Waals surface area contributed by atoms with Gasteiger partial charge in [-0.1, -0.05) is 54.2 Å². The largest absolute Gasteiger partial charge is 0.345 e. The Hall–Kier alpha value is -3.45. The molecule has 1 heterocycles. The molecule has 0 fully saturated rings. The summed E-state index contributed by atoms with van der Waals surface area (Å²) in [5, 5.41) is 9.60. The van der Waals surface area contributed by atoms with Crippen LogP contribution in [0.3, 0.4) is 0 Å². The second kappa shape index (κ2) is 9.78. The Morgan fingerprint density at radius 2 is 1.59 bits per heavy atom. The van der Waals surface area contributed by atoms with Crippen molar-refractivity contribution in [2.24, 2.45) is 0 Å². The number of nitrogens with zero attached hydrogens (tertiary/aromatic N) is 4. The van der Waals surface area contributed by atoms with Crippen LogP contribution in [-0.2, 0) is 12.3 Å². The summed E-state index contributed by atoms with van der Waals surface area (Å²) in [6, 6.07) is 24.0. The highest BCUT2D eigenvalue weighted by atomic mass is 32.2. The van der Waals surface area contributed by atoms with Crippen molar-refractivity contribution in [3.05, 3.63) is 101 Å². The zero-order valence-corrected chi connectivity index (χ0v) is 18.7. The van der Waals surface area contributed by atoms with Crippen molar-refractivity contribution >= 4 is 17.7 Å². The van der Waals surface area contributed by atoms with Gasteiger partial charge in [-0.15, -0.1) is 10.2 Å². The molecule has 7 heteroatoms. The van der Waals surface area contributed by atoms with Crippen molar-refractivity contribution in [2.45, 2.75) is 17.5 Å². The van der Waals surface area contributed by atoms with Gasteiger partial charge in [-0.2, -0.15) is 0 Å². The molecule has 0 bridgehead atoms. The van der Waals surface area contributed by atoms with Crippen LogP contribution in [0.4, 0.5) is 4.39 Å². The number of amides is 1. The Kier molecular flexibility index (Phi) is 6.66. The van der Waals surface area contributed by atoms with Crippen LogP contribution >= 0.6 is 11.8 Å².